The Bertz CT molecular complexity index is 914. The summed E-state index contributed by atoms with van der Waals surface area (Å²) >= 11 is 4.96. The van der Waals surface area contributed by atoms with E-state index in [4.69, 9.17) is 11.6 Å². The van der Waals surface area contributed by atoms with Crippen molar-refractivity contribution in [3.63, 3.8) is 0 Å². The minimum Gasteiger partial charge on any atom is -0.190 e. The number of rotatable bonds is 2. The van der Waals surface area contributed by atoms with Gasteiger partial charge in [-0.25, -0.2) is 0 Å². The smallest absolute Gasteiger partial charge is 0.190 e. The lowest BCUT2D eigenvalue weighted by Crippen LogP contribution is -2.11. The van der Waals surface area contributed by atoms with Crippen molar-refractivity contribution in [3.05, 3.63) is 47.3 Å². The summed E-state index contributed by atoms with van der Waals surface area (Å²) in [4.78, 5) is 0. The number of hydrogen-bond acceptors (Lipinski definition) is 3. The van der Waals surface area contributed by atoms with Gasteiger partial charge in [0.15, 0.2) is 5.65 Å². The number of aryl methyl sites for hydroxylation is 1. The van der Waals surface area contributed by atoms with E-state index in [1.54, 1.807) is 0 Å². The summed E-state index contributed by atoms with van der Waals surface area (Å²) < 4.78 is 65.5. The average molecular weight is 363 g/mol. The van der Waals surface area contributed by atoms with Gasteiger partial charge in [0.1, 0.15) is 0 Å². The molecule has 0 saturated carbocycles. The maximum Gasteiger partial charge on any atom is 0.416 e. The first-order chi connectivity index (χ1) is 11.1. The second-order valence-electron chi connectivity index (χ2n) is 5.04. The Balaban J connectivity index is 2.13. The highest BCUT2D eigenvalue weighted by Crippen LogP contribution is 2.34. The Hall–Kier alpha value is -2.29. The van der Waals surface area contributed by atoms with Gasteiger partial charge >= 0.3 is 11.6 Å². The Kier molecular flexibility index (Phi) is 3.71. The normalized spacial score (nSPS) is 12.8. The Morgan fingerprint density at radius 2 is 1.71 bits per heavy atom. The van der Waals surface area contributed by atoms with Gasteiger partial charge in [0.25, 0.3) is 0 Å². The van der Waals surface area contributed by atoms with Crippen LogP contribution in [0, 0.1) is 6.92 Å². The lowest BCUT2D eigenvalue weighted by Gasteiger charge is -2.11. The molecule has 0 aliphatic heterocycles. The SMILES string of the molecule is Cc1cc(C(F)(F)F)ccc1-c1ccc2nnc(C(F)(F)Cl)n2n1. The molecule has 0 atom stereocenters. The van der Waals surface area contributed by atoms with Gasteiger partial charge in [0.2, 0.25) is 5.82 Å². The second kappa shape index (κ2) is 5.37. The fraction of sp³-hybridized carbons (Fsp3) is 0.214. The molecule has 0 spiro atoms. The number of hydrogen-bond donors (Lipinski definition) is 0. The fourth-order valence-corrected chi connectivity index (χ4v) is 2.35. The first-order valence-electron chi connectivity index (χ1n) is 6.55. The van der Waals surface area contributed by atoms with Crippen LogP contribution in [0.2, 0.25) is 0 Å². The van der Waals surface area contributed by atoms with Crippen LogP contribution in [0.15, 0.2) is 30.3 Å². The third-order valence-corrected chi connectivity index (χ3v) is 3.52. The molecule has 10 heteroatoms. The maximum atomic E-state index is 13.3. The quantitative estimate of drug-likeness (QED) is 0.501. The van der Waals surface area contributed by atoms with Crippen molar-refractivity contribution in [1.29, 1.82) is 0 Å². The van der Waals surface area contributed by atoms with Gasteiger partial charge < -0.3 is 0 Å². The first-order valence-corrected chi connectivity index (χ1v) is 6.93. The molecule has 3 aromatic rings. The second-order valence-corrected chi connectivity index (χ2v) is 5.51. The Morgan fingerprint density at radius 1 is 1.00 bits per heavy atom. The molecule has 0 fully saturated rings. The third-order valence-electron chi connectivity index (χ3n) is 3.35. The minimum atomic E-state index is -4.47. The topological polar surface area (TPSA) is 43.1 Å². The highest BCUT2D eigenvalue weighted by molar-refractivity contribution is 6.21. The van der Waals surface area contributed by atoms with Gasteiger partial charge in [0.05, 0.1) is 11.3 Å². The third kappa shape index (κ3) is 2.91. The summed E-state index contributed by atoms with van der Waals surface area (Å²) in [6, 6.07) is 5.92. The van der Waals surface area contributed by atoms with Crippen molar-refractivity contribution in [2.45, 2.75) is 18.5 Å². The largest absolute Gasteiger partial charge is 0.416 e. The summed E-state index contributed by atoms with van der Waals surface area (Å²) in [7, 11) is 0. The van der Waals surface area contributed by atoms with Crippen LogP contribution in [0.25, 0.3) is 16.9 Å². The van der Waals surface area contributed by atoms with E-state index < -0.39 is 22.9 Å². The van der Waals surface area contributed by atoms with E-state index in [0.29, 0.717) is 11.1 Å². The summed E-state index contributed by atoms with van der Waals surface area (Å²) in [6.45, 7) is 1.47. The van der Waals surface area contributed by atoms with Crippen molar-refractivity contribution < 1.29 is 22.0 Å². The highest BCUT2D eigenvalue weighted by atomic mass is 35.5. The average Bonchev–Trinajstić information content (AvgIpc) is 2.89. The molecule has 126 valence electrons. The van der Waals surface area contributed by atoms with Crippen LogP contribution in [0.3, 0.4) is 0 Å². The minimum absolute atomic E-state index is 0.0404. The molecule has 0 unspecified atom stereocenters. The molecule has 0 bridgehead atoms. The van der Waals surface area contributed by atoms with E-state index in [-0.39, 0.29) is 11.3 Å². The molecule has 4 nitrogen and oxygen atoms in total. The van der Waals surface area contributed by atoms with Crippen molar-refractivity contribution in [2.75, 3.05) is 0 Å². The summed E-state index contributed by atoms with van der Waals surface area (Å²) in [6.07, 6.45) is -4.47. The lowest BCUT2D eigenvalue weighted by molar-refractivity contribution is -0.137. The van der Waals surface area contributed by atoms with Crippen LogP contribution in [-0.2, 0) is 11.6 Å². The van der Waals surface area contributed by atoms with Gasteiger partial charge in [-0.3, -0.25) is 0 Å². The number of halogens is 6. The van der Waals surface area contributed by atoms with Gasteiger partial charge in [-0.1, -0.05) is 6.07 Å². The van der Waals surface area contributed by atoms with E-state index in [2.05, 4.69) is 15.3 Å². The lowest BCUT2D eigenvalue weighted by atomic mass is 10.0. The molecular formula is C14H8ClF5N4. The monoisotopic (exact) mass is 362 g/mol. The van der Waals surface area contributed by atoms with Gasteiger partial charge in [-0.2, -0.15) is 31.6 Å². The molecule has 2 aromatic heterocycles. The Labute approximate surface area is 136 Å². The van der Waals surface area contributed by atoms with Crippen LogP contribution in [0.1, 0.15) is 17.0 Å². The number of benzene rings is 1. The molecule has 0 aliphatic rings. The zero-order valence-electron chi connectivity index (χ0n) is 11.9. The van der Waals surface area contributed by atoms with Gasteiger partial charge in [-0.15, -0.1) is 10.2 Å². The van der Waals surface area contributed by atoms with E-state index in [1.165, 1.54) is 25.1 Å². The molecule has 0 saturated heterocycles. The first kappa shape index (κ1) is 16.6. The Morgan fingerprint density at radius 3 is 2.29 bits per heavy atom. The number of aromatic nitrogens is 4. The van der Waals surface area contributed by atoms with Crippen molar-refractivity contribution in [1.82, 2.24) is 19.8 Å². The fourth-order valence-electron chi connectivity index (χ4n) is 2.24. The summed E-state index contributed by atoms with van der Waals surface area (Å²) in [5.41, 5.74) is 0.0859. The molecule has 0 aliphatic carbocycles. The number of nitrogens with zero attached hydrogens (tertiary/aromatic N) is 4. The molecule has 2 heterocycles. The molecule has 3 rings (SSSR count). The van der Waals surface area contributed by atoms with E-state index in [1.807, 2.05) is 0 Å². The van der Waals surface area contributed by atoms with Crippen LogP contribution >= 0.6 is 11.6 Å². The number of alkyl halides is 6. The molecular weight excluding hydrogens is 355 g/mol. The molecule has 0 amide bonds. The van der Waals surface area contributed by atoms with Crippen LogP contribution < -0.4 is 0 Å². The summed E-state index contributed by atoms with van der Waals surface area (Å²) in [5, 5.41) is 7.01. The van der Waals surface area contributed by atoms with Crippen LogP contribution in [0.5, 0.6) is 0 Å². The van der Waals surface area contributed by atoms with Crippen LogP contribution in [0.4, 0.5) is 22.0 Å². The summed E-state index contributed by atoms with van der Waals surface area (Å²) in [5.74, 6) is -0.870. The predicted molar refractivity (Wildman–Crippen MR) is 75.7 cm³/mol. The standard InChI is InChI=1S/C14H8ClF5N4/c1-7-6-8(14(18,19)20)2-3-9(7)10-4-5-11-21-22-12(13(15,16)17)24(11)23-10/h2-6H,1H3. The van der Waals surface area contributed by atoms with Crippen molar-refractivity contribution in [3.8, 4) is 11.3 Å². The molecule has 24 heavy (non-hydrogen) atoms. The van der Waals surface area contributed by atoms with Crippen LogP contribution in [-0.4, -0.2) is 19.8 Å². The molecule has 0 N–H and O–H groups in total. The predicted octanol–water partition coefficient (Wildman–Crippen LogP) is 4.41. The number of fused-ring (bicyclic) bond motifs is 1. The van der Waals surface area contributed by atoms with Crippen molar-refractivity contribution in [2.24, 2.45) is 0 Å². The zero-order chi connectivity index (χ0) is 17.7. The van der Waals surface area contributed by atoms with E-state index >= 15 is 0 Å². The van der Waals surface area contributed by atoms with Gasteiger partial charge in [-0.05, 0) is 48.4 Å². The van der Waals surface area contributed by atoms with E-state index in [9.17, 15) is 22.0 Å². The zero-order valence-corrected chi connectivity index (χ0v) is 12.7. The van der Waals surface area contributed by atoms with Gasteiger partial charge in [0, 0.05) is 5.56 Å². The maximum absolute atomic E-state index is 13.3. The van der Waals surface area contributed by atoms with E-state index in [0.717, 1.165) is 16.6 Å². The molecule has 0 radical (unpaired) electrons. The van der Waals surface area contributed by atoms with Crippen molar-refractivity contribution >= 4 is 17.2 Å². The highest BCUT2D eigenvalue weighted by Gasteiger charge is 2.35. The molecule has 1 aromatic carbocycles.